The fourth-order valence-electron chi connectivity index (χ4n) is 3.70. The summed E-state index contributed by atoms with van der Waals surface area (Å²) in [6.07, 6.45) is -5.09. The van der Waals surface area contributed by atoms with Crippen molar-refractivity contribution in [3.63, 3.8) is 0 Å². The zero-order chi connectivity index (χ0) is 26.2. The maximum atomic E-state index is 12.9. The lowest BCUT2D eigenvalue weighted by molar-refractivity contribution is -0.187. The minimum atomic E-state index is -1.40. The van der Waals surface area contributed by atoms with Gasteiger partial charge in [0.1, 0.15) is 12.7 Å². The Kier molecular flexibility index (Phi) is 8.27. The molecule has 0 bridgehead atoms. The van der Waals surface area contributed by atoms with Gasteiger partial charge in [-0.25, -0.2) is 14.4 Å². The summed E-state index contributed by atoms with van der Waals surface area (Å²) in [5.74, 6) is -2.81. The number of esters is 4. The lowest BCUT2D eigenvalue weighted by atomic mass is 10.1. The van der Waals surface area contributed by atoms with E-state index in [0.29, 0.717) is 5.56 Å². The summed E-state index contributed by atoms with van der Waals surface area (Å²) in [6.45, 7) is 0.796. The van der Waals surface area contributed by atoms with Crippen molar-refractivity contribution in [3.05, 3.63) is 108 Å². The molecule has 37 heavy (non-hydrogen) atoms. The van der Waals surface area contributed by atoms with Crippen molar-refractivity contribution >= 4 is 23.9 Å². The van der Waals surface area contributed by atoms with E-state index in [4.69, 9.17) is 23.7 Å². The van der Waals surface area contributed by atoms with Gasteiger partial charge >= 0.3 is 23.9 Å². The lowest BCUT2D eigenvalue weighted by Crippen LogP contribution is -2.42. The highest BCUT2D eigenvalue weighted by atomic mass is 16.8. The molecule has 190 valence electrons. The predicted molar refractivity (Wildman–Crippen MR) is 128 cm³/mol. The minimum absolute atomic E-state index is 0.233. The summed E-state index contributed by atoms with van der Waals surface area (Å²) >= 11 is 0. The van der Waals surface area contributed by atoms with Gasteiger partial charge in [0.05, 0.1) is 16.7 Å². The van der Waals surface area contributed by atoms with E-state index in [-0.39, 0.29) is 17.7 Å². The summed E-state index contributed by atoms with van der Waals surface area (Å²) in [5.41, 5.74) is 0.782. The van der Waals surface area contributed by atoms with Gasteiger partial charge in [0.2, 0.25) is 12.4 Å². The van der Waals surface area contributed by atoms with E-state index in [9.17, 15) is 19.2 Å². The van der Waals surface area contributed by atoms with Crippen molar-refractivity contribution in [2.24, 2.45) is 0 Å². The van der Waals surface area contributed by atoms with Crippen LogP contribution >= 0.6 is 0 Å². The normalized spacial score (nSPS) is 20.5. The lowest BCUT2D eigenvalue weighted by Gasteiger charge is -2.24. The van der Waals surface area contributed by atoms with Gasteiger partial charge < -0.3 is 23.7 Å². The number of benzene rings is 3. The second kappa shape index (κ2) is 12.0. The number of hydrogen-bond donors (Lipinski definition) is 0. The monoisotopic (exact) mass is 504 g/mol. The molecule has 1 unspecified atom stereocenters. The van der Waals surface area contributed by atoms with Crippen LogP contribution in [-0.2, 0) is 28.5 Å². The van der Waals surface area contributed by atoms with Crippen LogP contribution in [0.5, 0.6) is 0 Å². The molecule has 0 saturated carbocycles. The molecule has 1 aliphatic rings. The molecule has 4 rings (SSSR count). The Morgan fingerprint density at radius 3 is 1.51 bits per heavy atom. The average molecular weight is 504 g/mol. The highest BCUT2D eigenvalue weighted by Gasteiger charge is 2.52. The molecule has 9 nitrogen and oxygen atoms in total. The molecule has 0 spiro atoms. The molecule has 0 aromatic heterocycles. The van der Waals surface area contributed by atoms with E-state index in [1.165, 1.54) is 0 Å². The van der Waals surface area contributed by atoms with Crippen molar-refractivity contribution in [2.75, 3.05) is 6.61 Å². The summed E-state index contributed by atoms with van der Waals surface area (Å²) < 4.78 is 27.7. The van der Waals surface area contributed by atoms with Crippen LogP contribution < -0.4 is 0 Å². The van der Waals surface area contributed by atoms with Gasteiger partial charge in [0.15, 0.2) is 6.10 Å². The molecule has 4 atom stereocenters. The quantitative estimate of drug-likeness (QED) is 0.335. The number of hydrogen-bond acceptors (Lipinski definition) is 9. The third kappa shape index (κ3) is 6.59. The first-order valence-corrected chi connectivity index (χ1v) is 11.5. The van der Waals surface area contributed by atoms with Gasteiger partial charge in [-0.2, -0.15) is 0 Å². The summed E-state index contributed by atoms with van der Waals surface area (Å²) in [7, 11) is 0. The molecule has 3 aromatic rings. The van der Waals surface area contributed by atoms with Gasteiger partial charge in [-0.3, -0.25) is 4.79 Å². The van der Waals surface area contributed by atoms with Gasteiger partial charge in [-0.05, 0) is 36.4 Å². The topological polar surface area (TPSA) is 114 Å². The Bertz CT molecular complexity index is 1230. The van der Waals surface area contributed by atoms with E-state index < -0.39 is 48.5 Å². The van der Waals surface area contributed by atoms with Crippen LogP contribution in [0.1, 0.15) is 38.0 Å². The second-order valence-corrected chi connectivity index (χ2v) is 8.09. The molecule has 9 heteroatoms. The van der Waals surface area contributed by atoms with Crippen molar-refractivity contribution in [2.45, 2.75) is 31.5 Å². The van der Waals surface area contributed by atoms with Crippen LogP contribution in [0.3, 0.4) is 0 Å². The van der Waals surface area contributed by atoms with Gasteiger partial charge in [0, 0.05) is 6.92 Å². The van der Waals surface area contributed by atoms with E-state index in [0.717, 1.165) is 6.92 Å². The number of carbonyl (C=O) groups is 4. The molecule has 0 N–H and O–H groups in total. The molecular formula is C28H24O9. The predicted octanol–water partition coefficient (Wildman–Crippen LogP) is 3.58. The molecule has 3 aromatic carbocycles. The smallest absolute Gasteiger partial charge is 0.338 e. The van der Waals surface area contributed by atoms with Crippen molar-refractivity contribution in [3.8, 4) is 0 Å². The van der Waals surface area contributed by atoms with Crippen LogP contribution in [0.4, 0.5) is 0 Å². The van der Waals surface area contributed by atoms with Crippen LogP contribution in [-0.4, -0.2) is 55.1 Å². The first-order valence-electron chi connectivity index (χ1n) is 11.5. The zero-order valence-corrected chi connectivity index (χ0v) is 19.9. The summed E-state index contributed by atoms with van der Waals surface area (Å²) in [4.78, 5) is 50.0. The largest absolute Gasteiger partial charge is 0.459 e. The Morgan fingerprint density at radius 1 is 0.622 bits per heavy atom. The maximum absolute atomic E-state index is 12.9. The number of ether oxygens (including phenoxy) is 5. The second-order valence-electron chi connectivity index (χ2n) is 8.09. The van der Waals surface area contributed by atoms with Crippen molar-refractivity contribution in [1.82, 2.24) is 0 Å². The first-order chi connectivity index (χ1) is 17.9. The third-order valence-corrected chi connectivity index (χ3v) is 5.44. The van der Waals surface area contributed by atoms with E-state index >= 15 is 0 Å². The SMILES string of the molecule is CC(=O)O[C@@H]1O[C@H](COC(=O)c2ccccc2)[C@@H](OC(=O)c2ccccc2)C1OC(=O)c1ccccc1. The standard InChI is InChI=1S/C28H24O9/c1-18(29)34-28-24(37-27(32)21-15-9-4-10-16-21)23(36-26(31)20-13-7-3-8-14-20)22(35-28)17-33-25(30)19-11-5-2-6-12-19/h2-16,22-24,28H,17H2,1H3/t22-,23-,24?,28-/m1/s1. The van der Waals surface area contributed by atoms with Crippen LogP contribution in [0.15, 0.2) is 91.0 Å². The molecule has 0 radical (unpaired) electrons. The molecular weight excluding hydrogens is 480 g/mol. The minimum Gasteiger partial charge on any atom is -0.459 e. The summed E-state index contributed by atoms with van der Waals surface area (Å²) in [5, 5.41) is 0. The van der Waals surface area contributed by atoms with E-state index in [1.54, 1.807) is 91.0 Å². The Hall–Kier alpha value is -4.50. The molecule has 1 saturated heterocycles. The van der Waals surface area contributed by atoms with Crippen LogP contribution in [0, 0.1) is 0 Å². The molecule has 1 aliphatic heterocycles. The zero-order valence-electron chi connectivity index (χ0n) is 19.9. The Morgan fingerprint density at radius 2 is 1.05 bits per heavy atom. The van der Waals surface area contributed by atoms with E-state index in [1.807, 2.05) is 0 Å². The molecule has 1 heterocycles. The summed E-state index contributed by atoms with van der Waals surface area (Å²) in [6, 6.07) is 24.6. The van der Waals surface area contributed by atoms with Gasteiger partial charge in [-0.1, -0.05) is 54.6 Å². The van der Waals surface area contributed by atoms with Crippen molar-refractivity contribution in [1.29, 1.82) is 0 Å². The third-order valence-electron chi connectivity index (χ3n) is 5.44. The highest BCUT2D eigenvalue weighted by Crippen LogP contribution is 2.30. The average Bonchev–Trinajstić information content (AvgIpc) is 3.23. The molecule has 0 amide bonds. The Balaban J connectivity index is 1.58. The maximum Gasteiger partial charge on any atom is 0.338 e. The van der Waals surface area contributed by atoms with E-state index in [2.05, 4.69) is 0 Å². The van der Waals surface area contributed by atoms with Crippen LogP contribution in [0.25, 0.3) is 0 Å². The van der Waals surface area contributed by atoms with Gasteiger partial charge in [0.25, 0.3) is 0 Å². The highest BCUT2D eigenvalue weighted by molar-refractivity contribution is 5.91. The van der Waals surface area contributed by atoms with Crippen molar-refractivity contribution < 1.29 is 42.9 Å². The van der Waals surface area contributed by atoms with Crippen LogP contribution in [0.2, 0.25) is 0 Å². The molecule has 1 fully saturated rings. The van der Waals surface area contributed by atoms with Gasteiger partial charge in [-0.15, -0.1) is 0 Å². The molecule has 0 aliphatic carbocycles. The fraction of sp³-hybridized carbons (Fsp3) is 0.214. The number of rotatable bonds is 8. The fourth-order valence-corrected chi connectivity index (χ4v) is 3.70. The number of carbonyl (C=O) groups excluding carboxylic acids is 4. The Labute approximate surface area is 212 Å². The first kappa shape index (κ1) is 25.6.